The number of imidazole rings is 1. The minimum absolute atomic E-state index is 0.0707. The van der Waals surface area contributed by atoms with Crippen LogP contribution in [0.15, 0.2) is 54.9 Å². The van der Waals surface area contributed by atoms with Crippen LogP contribution in [-0.4, -0.2) is 28.0 Å². The van der Waals surface area contributed by atoms with E-state index in [2.05, 4.69) is 15.6 Å². The number of anilines is 1. The summed E-state index contributed by atoms with van der Waals surface area (Å²) in [4.78, 5) is 28.7. The highest BCUT2D eigenvalue weighted by molar-refractivity contribution is 6.30. The lowest BCUT2D eigenvalue weighted by atomic mass is 10.0. The van der Waals surface area contributed by atoms with E-state index in [0.29, 0.717) is 27.8 Å². The Morgan fingerprint density at radius 3 is 2.79 bits per heavy atom. The molecule has 0 saturated carbocycles. The number of halogens is 1. The SMILES string of the molecule is Cn1ccnc1[C@@H](NC(=O)c1ccc2c(c1)OCC(=O)N2)c1ccc(Cl)cc1. The van der Waals surface area contributed by atoms with Gasteiger partial charge in [0.2, 0.25) is 0 Å². The van der Waals surface area contributed by atoms with Crippen molar-refractivity contribution in [3.63, 3.8) is 0 Å². The lowest BCUT2D eigenvalue weighted by Gasteiger charge is -2.21. The van der Waals surface area contributed by atoms with Crippen molar-refractivity contribution in [1.29, 1.82) is 0 Å². The number of amides is 2. The van der Waals surface area contributed by atoms with Crippen molar-refractivity contribution in [2.75, 3.05) is 11.9 Å². The van der Waals surface area contributed by atoms with Gasteiger partial charge in [-0.25, -0.2) is 4.98 Å². The quantitative estimate of drug-likeness (QED) is 0.710. The molecule has 1 aromatic heterocycles. The average Bonchev–Trinajstić information content (AvgIpc) is 3.12. The van der Waals surface area contributed by atoms with Crippen molar-refractivity contribution in [3.8, 4) is 5.75 Å². The van der Waals surface area contributed by atoms with Gasteiger partial charge in [0.25, 0.3) is 11.8 Å². The Morgan fingerprint density at radius 1 is 1.29 bits per heavy atom. The number of aryl methyl sites for hydroxylation is 1. The van der Waals surface area contributed by atoms with E-state index in [4.69, 9.17) is 16.3 Å². The van der Waals surface area contributed by atoms with Gasteiger partial charge in [0.1, 0.15) is 17.6 Å². The van der Waals surface area contributed by atoms with Crippen LogP contribution in [0.5, 0.6) is 5.75 Å². The maximum absolute atomic E-state index is 12.9. The number of hydrogen-bond acceptors (Lipinski definition) is 4. The van der Waals surface area contributed by atoms with Crippen LogP contribution in [0.2, 0.25) is 5.02 Å². The molecule has 0 aliphatic carbocycles. The second-order valence-corrected chi connectivity index (χ2v) is 6.84. The second-order valence-electron chi connectivity index (χ2n) is 6.40. The fourth-order valence-corrected chi connectivity index (χ4v) is 3.16. The van der Waals surface area contributed by atoms with E-state index in [9.17, 15) is 9.59 Å². The van der Waals surface area contributed by atoms with Crippen molar-refractivity contribution in [2.45, 2.75) is 6.04 Å². The number of nitrogens with one attached hydrogen (secondary N) is 2. The molecule has 2 aromatic carbocycles. The predicted molar refractivity (Wildman–Crippen MR) is 105 cm³/mol. The highest BCUT2D eigenvalue weighted by Gasteiger charge is 2.23. The molecular formula is C20H17ClN4O3. The maximum atomic E-state index is 12.9. The highest BCUT2D eigenvalue weighted by atomic mass is 35.5. The van der Waals surface area contributed by atoms with E-state index >= 15 is 0 Å². The molecule has 142 valence electrons. The maximum Gasteiger partial charge on any atom is 0.262 e. The molecule has 2 N–H and O–H groups in total. The Kier molecular flexibility index (Phi) is 4.75. The third-order valence-electron chi connectivity index (χ3n) is 4.47. The van der Waals surface area contributed by atoms with E-state index in [0.717, 1.165) is 5.56 Å². The van der Waals surface area contributed by atoms with Gasteiger partial charge in [-0.2, -0.15) is 0 Å². The molecule has 0 unspecified atom stereocenters. The highest BCUT2D eigenvalue weighted by Crippen LogP contribution is 2.29. The summed E-state index contributed by atoms with van der Waals surface area (Å²) in [7, 11) is 1.87. The Hall–Kier alpha value is -3.32. The summed E-state index contributed by atoms with van der Waals surface area (Å²) in [6, 6.07) is 11.7. The molecule has 2 amide bonds. The van der Waals surface area contributed by atoms with Crippen LogP contribution in [0.3, 0.4) is 0 Å². The standard InChI is InChI=1S/C20H17ClN4O3/c1-25-9-8-22-19(25)18(12-2-5-14(21)6-3-12)24-20(27)13-4-7-15-16(10-13)28-11-17(26)23-15/h2-10,18H,11H2,1H3,(H,23,26)(H,24,27)/t18-/m0/s1. The minimum atomic E-state index is -0.457. The molecule has 3 aromatic rings. The average molecular weight is 397 g/mol. The number of hydrogen-bond donors (Lipinski definition) is 2. The van der Waals surface area contributed by atoms with Crippen molar-refractivity contribution in [2.24, 2.45) is 7.05 Å². The van der Waals surface area contributed by atoms with Crippen LogP contribution in [0.4, 0.5) is 5.69 Å². The number of rotatable bonds is 4. The molecule has 4 rings (SSSR count). The van der Waals surface area contributed by atoms with E-state index in [1.54, 1.807) is 36.5 Å². The van der Waals surface area contributed by atoms with Crippen molar-refractivity contribution < 1.29 is 14.3 Å². The smallest absolute Gasteiger partial charge is 0.262 e. The van der Waals surface area contributed by atoms with Crippen LogP contribution >= 0.6 is 11.6 Å². The molecule has 1 aliphatic rings. The zero-order valence-corrected chi connectivity index (χ0v) is 15.7. The summed E-state index contributed by atoms with van der Waals surface area (Å²) < 4.78 is 7.25. The molecular weight excluding hydrogens is 380 g/mol. The summed E-state index contributed by atoms with van der Waals surface area (Å²) in [6.45, 7) is -0.0707. The zero-order valence-electron chi connectivity index (χ0n) is 15.0. The molecule has 2 heterocycles. The third kappa shape index (κ3) is 3.57. The zero-order chi connectivity index (χ0) is 19.7. The Labute approximate surface area is 166 Å². The fraction of sp³-hybridized carbons (Fsp3) is 0.150. The van der Waals surface area contributed by atoms with Gasteiger partial charge in [0, 0.05) is 30.0 Å². The largest absolute Gasteiger partial charge is 0.482 e. The van der Waals surface area contributed by atoms with Gasteiger partial charge in [0.05, 0.1) is 5.69 Å². The Morgan fingerprint density at radius 2 is 2.07 bits per heavy atom. The molecule has 1 aliphatic heterocycles. The molecule has 0 bridgehead atoms. The van der Waals surface area contributed by atoms with E-state index in [1.807, 2.05) is 29.9 Å². The Balaban J connectivity index is 1.63. The number of aromatic nitrogens is 2. The lowest BCUT2D eigenvalue weighted by molar-refractivity contribution is -0.118. The first kappa shape index (κ1) is 18.1. The molecule has 0 saturated heterocycles. The molecule has 1 atom stereocenters. The van der Waals surface area contributed by atoms with Crippen molar-refractivity contribution >= 4 is 29.1 Å². The van der Waals surface area contributed by atoms with Crippen LogP contribution in [-0.2, 0) is 11.8 Å². The van der Waals surface area contributed by atoms with E-state index in [1.165, 1.54) is 0 Å². The van der Waals surface area contributed by atoms with Gasteiger partial charge in [-0.15, -0.1) is 0 Å². The normalized spacial score (nSPS) is 13.9. The van der Waals surface area contributed by atoms with Gasteiger partial charge in [-0.1, -0.05) is 23.7 Å². The van der Waals surface area contributed by atoms with Crippen molar-refractivity contribution in [3.05, 3.63) is 76.8 Å². The summed E-state index contributed by atoms with van der Waals surface area (Å²) >= 11 is 6.00. The molecule has 7 nitrogen and oxygen atoms in total. The van der Waals surface area contributed by atoms with Gasteiger partial charge >= 0.3 is 0 Å². The number of benzene rings is 2. The summed E-state index contributed by atoms with van der Waals surface area (Å²) in [5.41, 5.74) is 1.82. The number of carbonyl (C=O) groups excluding carboxylic acids is 2. The third-order valence-corrected chi connectivity index (χ3v) is 4.72. The second kappa shape index (κ2) is 7.36. The first-order valence-corrected chi connectivity index (χ1v) is 8.99. The van der Waals surface area contributed by atoms with Crippen LogP contribution in [0.1, 0.15) is 27.8 Å². The fourth-order valence-electron chi connectivity index (χ4n) is 3.04. The minimum Gasteiger partial charge on any atom is -0.482 e. The number of nitrogens with zero attached hydrogens (tertiary/aromatic N) is 2. The van der Waals surface area contributed by atoms with Crippen LogP contribution in [0, 0.1) is 0 Å². The topological polar surface area (TPSA) is 85.2 Å². The van der Waals surface area contributed by atoms with E-state index < -0.39 is 6.04 Å². The van der Waals surface area contributed by atoms with Gasteiger partial charge in [-0.05, 0) is 35.9 Å². The first-order valence-electron chi connectivity index (χ1n) is 8.61. The summed E-state index contributed by atoms with van der Waals surface area (Å²) in [5.74, 6) is 0.651. The van der Waals surface area contributed by atoms with E-state index in [-0.39, 0.29) is 18.4 Å². The van der Waals surface area contributed by atoms with Crippen molar-refractivity contribution in [1.82, 2.24) is 14.9 Å². The molecule has 0 radical (unpaired) electrons. The molecule has 28 heavy (non-hydrogen) atoms. The molecule has 0 fully saturated rings. The Bertz CT molecular complexity index is 1050. The van der Waals surface area contributed by atoms with Gasteiger partial charge < -0.3 is 19.9 Å². The predicted octanol–water partition coefficient (Wildman–Crippen LogP) is 2.92. The summed E-state index contributed by atoms with van der Waals surface area (Å²) in [6.07, 6.45) is 3.50. The summed E-state index contributed by atoms with van der Waals surface area (Å²) in [5, 5.41) is 6.34. The van der Waals surface area contributed by atoms with Crippen LogP contribution in [0.25, 0.3) is 0 Å². The monoisotopic (exact) mass is 396 g/mol. The number of fused-ring (bicyclic) bond motifs is 1. The van der Waals surface area contributed by atoms with Gasteiger partial charge in [-0.3, -0.25) is 9.59 Å². The molecule has 8 heteroatoms. The van der Waals surface area contributed by atoms with Crippen LogP contribution < -0.4 is 15.4 Å². The number of carbonyl (C=O) groups is 2. The lowest BCUT2D eigenvalue weighted by Crippen LogP contribution is -2.31. The molecule has 0 spiro atoms. The first-order chi connectivity index (χ1) is 13.5. The number of ether oxygens (including phenoxy) is 1. The van der Waals surface area contributed by atoms with Gasteiger partial charge in [0.15, 0.2) is 6.61 Å².